The minimum absolute atomic E-state index is 0.212. The number of nitrogens with zero attached hydrogens (tertiary/aromatic N) is 4. The van der Waals surface area contributed by atoms with Crippen LogP contribution in [0.3, 0.4) is 0 Å². The second-order valence-corrected chi connectivity index (χ2v) is 6.63. The lowest BCUT2D eigenvalue weighted by Gasteiger charge is -2.34. The number of aromatic nitrogens is 2. The first-order valence-electron chi connectivity index (χ1n) is 6.48. The van der Waals surface area contributed by atoms with Crippen LogP contribution in [-0.2, 0) is 10.0 Å². The summed E-state index contributed by atoms with van der Waals surface area (Å²) in [6, 6.07) is 1.83. The fourth-order valence-electron chi connectivity index (χ4n) is 2.14. The third-order valence-electron chi connectivity index (χ3n) is 3.12. The zero-order valence-corrected chi connectivity index (χ0v) is 12.5. The molecule has 20 heavy (non-hydrogen) atoms. The van der Waals surface area contributed by atoms with Crippen molar-refractivity contribution in [2.24, 2.45) is 0 Å². The zero-order valence-electron chi connectivity index (χ0n) is 11.7. The molecular formula is C11H20N6O2S. The van der Waals surface area contributed by atoms with E-state index in [0.29, 0.717) is 32.0 Å². The highest BCUT2D eigenvalue weighted by atomic mass is 32.2. The van der Waals surface area contributed by atoms with E-state index in [4.69, 9.17) is 5.73 Å². The van der Waals surface area contributed by atoms with E-state index in [0.717, 1.165) is 12.4 Å². The highest BCUT2D eigenvalue weighted by Crippen LogP contribution is 2.19. The molecule has 1 aromatic heterocycles. The van der Waals surface area contributed by atoms with Crippen LogP contribution in [0.25, 0.3) is 0 Å². The molecule has 0 amide bonds. The summed E-state index contributed by atoms with van der Waals surface area (Å²) < 4.78 is 24.4. The molecule has 9 heteroatoms. The lowest BCUT2D eigenvalue weighted by molar-refractivity contribution is 0.387. The molecule has 1 saturated heterocycles. The van der Waals surface area contributed by atoms with Crippen LogP contribution in [-0.4, -0.2) is 61.7 Å². The van der Waals surface area contributed by atoms with Crippen molar-refractivity contribution in [2.75, 3.05) is 54.9 Å². The van der Waals surface area contributed by atoms with Crippen LogP contribution in [0.4, 0.5) is 17.6 Å². The molecule has 0 aromatic carbocycles. The first kappa shape index (κ1) is 14.8. The number of sulfonamides is 1. The molecule has 8 nitrogen and oxygen atoms in total. The Labute approximate surface area is 119 Å². The molecule has 2 rings (SSSR count). The second kappa shape index (κ2) is 5.80. The maximum Gasteiger partial charge on any atom is 0.223 e. The molecule has 0 aliphatic carbocycles. The van der Waals surface area contributed by atoms with Crippen LogP contribution in [0, 0.1) is 0 Å². The predicted octanol–water partition coefficient (Wildman–Crippen LogP) is -0.428. The van der Waals surface area contributed by atoms with Crippen molar-refractivity contribution < 1.29 is 8.42 Å². The number of piperazine rings is 1. The van der Waals surface area contributed by atoms with Gasteiger partial charge in [0.15, 0.2) is 0 Å². The molecule has 1 aromatic rings. The normalized spacial score (nSPS) is 17.2. The molecule has 3 N–H and O–H groups in total. The van der Waals surface area contributed by atoms with Gasteiger partial charge in [0.25, 0.3) is 0 Å². The van der Waals surface area contributed by atoms with Crippen LogP contribution in [0.1, 0.15) is 6.92 Å². The average molecular weight is 300 g/mol. The zero-order chi connectivity index (χ0) is 14.8. The highest BCUT2D eigenvalue weighted by molar-refractivity contribution is 7.88. The van der Waals surface area contributed by atoms with Gasteiger partial charge in [0.05, 0.1) is 6.26 Å². The van der Waals surface area contributed by atoms with Crippen molar-refractivity contribution in [3.05, 3.63) is 6.07 Å². The van der Waals surface area contributed by atoms with E-state index in [1.54, 1.807) is 0 Å². The lowest BCUT2D eigenvalue weighted by atomic mass is 10.3. The summed E-state index contributed by atoms with van der Waals surface area (Å²) in [5.41, 5.74) is 5.70. The van der Waals surface area contributed by atoms with Crippen LogP contribution >= 0.6 is 0 Å². The average Bonchev–Trinajstić information content (AvgIpc) is 2.37. The van der Waals surface area contributed by atoms with E-state index in [-0.39, 0.29) is 5.95 Å². The van der Waals surface area contributed by atoms with Gasteiger partial charge in [0, 0.05) is 38.8 Å². The molecule has 0 radical (unpaired) electrons. The summed E-state index contributed by atoms with van der Waals surface area (Å²) in [7, 11) is -3.12. The molecular weight excluding hydrogens is 280 g/mol. The third-order valence-corrected chi connectivity index (χ3v) is 4.42. The molecule has 0 spiro atoms. The Bertz CT molecular complexity index is 568. The number of rotatable bonds is 4. The van der Waals surface area contributed by atoms with Crippen LogP contribution in [0.5, 0.6) is 0 Å². The van der Waals surface area contributed by atoms with Gasteiger partial charge in [-0.05, 0) is 6.92 Å². The molecule has 0 atom stereocenters. The maximum absolute atomic E-state index is 11.5. The number of anilines is 3. The molecule has 0 bridgehead atoms. The van der Waals surface area contributed by atoms with Gasteiger partial charge in [-0.15, -0.1) is 0 Å². The van der Waals surface area contributed by atoms with Crippen molar-refractivity contribution in [3.8, 4) is 0 Å². The smallest absolute Gasteiger partial charge is 0.223 e. The number of nitrogen functional groups attached to an aromatic ring is 1. The van der Waals surface area contributed by atoms with Crippen molar-refractivity contribution in [1.82, 2.24) is 14.3 Å². The van der Waals surface area contributed by atoms with E-state index in [1.807, 2.05) is 17.9 Å². The summed E-state index contributed by atoms with van der Waals surface area (Å²) >= 11 is 0. The Kier molecular flexibility index (Phi) is 4.29. The van der Waals surface area contributed by atoms with Gasteiger partial charge in [0.2, 0.25) is 16.0 Å². The van der Waals surface area contributed by atoms with Crippen molar-refractivity contribution in [3.63, 3.8) is 0 Å². The Balaban J connectivity index is 2.10. The molecule has 0 saturated carbocycles. The number of hydrogen-bond donors (Lipinski definition) is 2. The lowest BCUT2D eigenvalue weighted by Crippen LogP contribution is -2.48. The van der Waals surface area contributed by atoms with Gasteiger partial charge < -0.3 is 16.0 Å². The molecule has 0 unspecified atom stereocenters. The van der Waals surface area contributed by atoms with Crippen molar-refractivity contribution in [1.29, 1.82) is 0 Å². The highest BCUT2D eigenvalue weighted by Gasteiger charge is 2.24. The fourth-order valence-corrected chi connectivity index (χ4v) is 2.96. The monoisotopic (exact) mass is 300 g/mol. The van der Waals surface area contributed by atoms with Crippen molar-refractivity contribution in [2.45, 2.75) is 6.92 Å². The summed E-state index contributed by atoms with van der Waals surface area (Å²) in [6.45, 7) is 4.82. The summed E-state index contributed by atoms with van der Waals surface area (Å²) in [5.74, 6) is 1.62. The van der Waals surface area contributed by atoms with E-state index in [1.165, 1.54) is 10.6 Å². The molecule has 1 aliphatic rings. The quantitative estimate of drug-likeness (QED) is 0.777. The van der Waals surface area contributed by atoms with Gasteiger partial charge in [-0.25, -0.2) is 8.42 Å². The van der Waals surface area contributed by atoms with Gasteiger partial charge in [0.1, 0.15) is 11.6 Å². The predicted molar refractivity (Wildman–Crippen MR) is 79.2 cm³/mol. The van der Waals surface area contributed by atoms with Crippen molar-refractivity contribution >= 4 is 27.6 Å². The summed E-state index contributed by atoms with van der Waals surface area (Å²) in [6.07, 6.45) is 1.23. The van der Waals surface area contributed by atoms with Crippen LogP contribution in [0.2, 0.25) is 0 Å². The first-order chi connectivity index (χ1) is 9.40. The minimum atomic E-state index is -3.12. The van der Waals surface area contributed by atoms with Gasteiger partial charge in [-0.1, -0.05) is 0 Å². The third kappa shape index (κ3) is 3.48. The molecule has 2 heterocycles. The number of nitrogens with two attached hydrogens (primary N) is 1. The fraction of sp³-hybridized carbons (Fsp3) is 0.636. The second-order valence-electron chi connectivity index (χ2n) is 4.65. The Hall–Kier alpha value is -1.61. The van der Waals surface area contributed by atoms with Gasteiger partial charge in [-0.2, -0.15) is 14.3 Å². The summed E-state index contributed by atoms with van der Waals surface area (Å²) in [5, 5.41) is 3.10. The maximum atomic E-state index is 11.5. The Morgan fingerprint density at radius 2 is 1.95 bits per heavy atom. The molecule has 112 valence electrons. The standard InChI is InChI=1S/C11H20N6O2S/c1-3-13-9-8-10(15-11(12)14-9)16-4-6-17(7-5-16)20(2,18)19/h8H,3-7H2,1-2H3,(H3,12,13,14,15). The van der Waals surface area contributed by atoms with Gasteiger partial charge in [-0.3, -0.25) is 0 Å². The SMILES string of the molecule is CCNc1cc(N2CCN(S(C)(=O)=O)CC2)nc(N)n1. The Morgan fingerprint density at radius 1 is 1.30 bits per heavy atom. The van der Waals surface area contributed by atoms with Crippen LogP contribution < -0.4 is 16.0 Å². The Morgan fingerprint density at radius 3 is 2.50 bits per heavy atom. The first-order valence-corrected chi connectivity index (χ1v) is 8.33. The summed E-state index contributed by atoms with van der Waals surface area (Å²) in [4.78, 5) is 10.3. The number of hydrogen-bond acceptors (Lipinski definition) is 7. The van der Waals surface area contributed by atoms with Gasteiger partial charge >= 0.3 is 0 Å². The molecule has 1 aliphatic heterocycles. The molecule has 1 fully saturated rings. The number of nitrogens with one attached hydrogen (secondary N) is 1. The van der Waals surface area contributed by atoms with E-state index in [9.17, 15) is 8.42 Å². The van der Waals surface area contributed by atoms with E-state index < -0.39 is 10.0 Å². The van der Waals surface area contributed by atoms with E-state index >= 15 is 0 Å². The minimum Gasteiger partial charge on any atom is -0.370 e. The largest absolute Gasteiger partial charge is 0.370 e. The van der Waals surface area contributed by atoms with Crippen LogP contribution in [0.15, 0.2) is 6.07 Å². The topological polar surface area (TPSA) is 104 Å². The van der Waals surface area contributed by atoms with E-state index in [2.05, 4.69) is 15.3 Å².